The molecule has 0 saturated carbocycles. The van der Waals surface area contributed by atoms with Gasteiger partial charge in [-0.15, -0.1) is 0 Å². The molecule has 1 amide bonds. The Labute approximate surface area is 133 Å². The molecule has 22 heavy (non-hydrogen) atoms. The van der Waals surface area contributed by atoms with Crippen LogP contribution in [-0.2, 0) is 4.79 Å². The van der Waals surface area contributed by atoms with Crippen molar-refractivity contribution < 1.29 is 4.79 Å². The van der Waals surface area contributed by atoms with Crippen molar-refractivity contribution in [2.75, 3.05) is 4.90 Å². The minimum absolute atomic E-state index is 0.0310. The fourth-order valence-corrected chi connectivity index (χ4v) is 3.36. The summed E-state index contributed by atoms with van der Waals surface area (Å²) in [5, 5.41) is 3.99. The van der Waals surface area contributed by atoms with E-state index >= 15 is 0 Å². The number of anilines is 2. The SMILES string of the molecule is O=C1C(=Cc2ccccc2)c2ccccc2N1c1ccsc1. The molecule has 1 aromatic heterocycles. The van der Waals surface area contributed by atoms with Crippen LogP contribution in [0.5, 0.6) is 0 Å². The molecule has 0 radical (unpaired) electrons. The number of para-hydroxylation sites is 1. The molecule has 0 N–H and O–H groups in total. The Morgan fingerprint density at radius 3 is 2.45 bits per heavy atom. The summed E-state index contributed by atoms with van der Waals surface area (Å²) in [4.78, 5) is 14.7. The maximum absolute atomic E-state index is 12.9. The van der Waals surface area contributed by atoms with Crippen molar-refractivity contribution in [2.24, 2.45) is 0 Å². The minimum atomic E-state index is 0.0310. The molecule has 4 rings (SSSR count). The molecule has 0 bridgehead atoms. The van der Waals surface area contributed by atoms with Gasteiger partial charge in [-0.05, 0) is 29.2 Å². The summed E-state index contributed by atoms with van der Waals surface area (Å²) in [6.07, 6.45) is 1.97. The molecule has 3 aromatic rings. The maximum Gasteiger partial charge on any atom is 0.263 e. The van der Waals surface area contributed by atoms with Gasteiger partial charge in [0.05, 0.1) is 16.9 Å². The van der Waals surface area contributed by atoms with E-state index in [2.05, 4.69) is 0 Å². The lowest BCUT2D eigenvalue weighted by Crippen LogP contribution is -2.19. The summed E-state index contributed by atoms with van der Waals surface area (Å²) in [7, 11) is 0. The molecule has 0 saturated heterocycles. The molecule has 1 aliphatic heterocycles. The number of carbonyl (C=O) groups is 1. The topological polar surface area (TPSA) is 20.3 Å². The van der Waals surface area contributed by atoms with Gasteiger partial charge in [0, 0.05) is 10.9 Å². The number of carbonyl (C=O) groups excluding carboxylic acids is 1. The minimum Gasteiger partial charge on any atom is -0.276 e. The van der Waals surface area contributed by atoms with Gasteiger partial charge in [-0.25, -0.2) is 0 Å². The van der Waals surface area contributed by atoms with E-state index in [1.54, 1.807) is 16.2 Å². The highest BCUT2D eigenvalue weighted by molar-refractivity contribution is 7.08. The first-order valence-electron chi connectivity index (χ1n) is 7.07. The zero-order chi connectivity index (χ0) is 14.9. The third-order valence-corrected chi connectivity index (χ3v) is 4.41. The van der Waals surface area contributed by atoms with Crippen LogP contribution in [0.25, 0.3) is 11.6 Å². The molecule has 2 aromatic carbocycles. The Hall–Kier alpha value is -2.65. The Kier molecular flexibility index (Phi) is 3.13. The van der Waals surface area contributed by atoms with Crippen molar-refractivity contribution in [1.82, 2.24) is 0 Å². The summed E-state index contributed by atoms with van der Waals surface area (Å²) in [5.41, 5.74) is 4.65. The summed E-state index contributed by atoms with van der Waals surface area (Å²) in [6, 6.07) is 19.9. The van der Waals surface area contributed by atoms with Gasteiger partial charge in [0.2, 0.25) is 0 Å². The first-order valence-corrected chi connectivity index (χ1v) is 8.02. The highest BCUT2D eigenvalue weighted by atomic mass is 32.1. The Morgan fingerprint density at radius 2 is 1.68 bits per heavy atom. The smallest absolute Gasteiger partial charge is 0.263 e. The standard InChI is InChI=1S/C19H13NOS/c21-19-17(12-14-6-2-1-3-7-14)16-8-4-5-9-18(16)20(19)15-10-11-22-13-15/h1-13H. The van der Waals surface area contributed by atoms with Gasteiger partial charge in [-0.1, -0.05) is 48.5 Å². The number of amides is 1. The average molecular weight is 303 g/mol. The van der Waals surface area contributed by atoms with Crippen molar-refractivity contribution in [3.05, 3.63) is 82.6 Å². The molecule has 0 aliphatic carbocycles. The molecule has 2 nitrogen and oxygen atoms in total. The Morgan fingerprint density at radius 1 is 0.909 bits per heavy atom. The van der Waals surface area contributed by atoms with E-state index in [1.807, 2.05) is 77.5 Å². The van der Waals surface area contributed by atoms with E-state index in [1.165, 1.54) is 0 Å². The van der Waals surface area contributed by atoms with Crippen LogP contribution in [0.15, 0.2) is 71.4 Å². The number of hydrogen-bond donors (Lipinski definition) is 0. The van der Waals surface area contributed by atoms with Crippen LogP contribution in [0.2, 0.25) is 0 Å². The lowest BCUT2D eigenvalue weighted by molar-refractivity contribution is -0.112. The number of fused-ring (bicyclic) bond motifs is 1. The molecule has 3 heteroatoms. The molecular formula is C19H13NOS. The van der Waals surface area contributed by atoms with Gasteiger partial charge >= 0.3 is 0 Å². The van der Waals surface area contributed by atoms with E-state index in [4.69, 9.17) is 0 Å². The van der Waals surface area contributed by atoms with Gasteiger partial charge in [0.25, 0.3) is 5.91 Å². The van der Waals surface area contributed by atoms with E-state index in [9.17, 15) is 4.79 Å². The van der Waals surface area contributed by atoms with Gasteiger partial charge in [0.15, 0.2) is 0 Å². The number of hydrogen-bond acceptors (Lipinski definition) is 2. The molecule has 0 spiro atoms. The van der Waals surface area contributed by atoms with Gasteiger partial charge < -0.3 is 0 Å². The van der Waals surface area contributed by atoms with Crippen molar-refractivity contribution in [3.63, 3.8) is 0 Å². The number of thiophene rings is 1. The van der Waals surface area contributed by atoms with Crippen LogP contribution >= 0.6 is 11.3 Å². The Bertz CT molecular complexity index is 850. The zero-order valence-corrected chi connectivity index (χ0v) is 12.6. The van der Waals surface area contributed by atoms with Gasteiger partial charge in [-0.2, -0.15) is 11.3 Å². The molecule has 2 heterocycles. The summed E-state index contributed by atoms with van der Waals surface area (Å²) >= 11 is 1.59. The number of benzene rings is 2. The Balaban J connectivity index is 1.88. The lowest BCUT2D eigenvalue weighted by Gasteiger charge is -2.14. The normalized spacial score (nSPS) is 15.4. The van der Waals surface area contributed by atoms with Crippen LogP contribution in [0.1, 0.15) is 11.1 Å². The van der Waals surface area contributed by atoms with E-state index < -0.39 is 0 Å². The number of nitrogens with zero attached hydrogens (tertiary/aromatic N) is 1. The van der Waals surface area contributed by atoms with Crippen LogP contribution in [0.3, 0.4) is 0 Å². The second-order valence-corrected chi connectivity index (χ2v) is 5.89. The monoisotopic (exact) mass is 303 g/mol. The second-order valence-electron chi connectivity index (χ2n) is 5.11. The molecule has 0 unspecified atom stereocenters. The summed E-state index contributed by atoms with van der Waals surface area (Å²) in [5.74, 6) is 0.0310. The van der Waals surface area contributed by atoms with Gasteiger partial charge in [-0.3, -0.25) is 9.69 Å². The number of rotatable bonds is 2. The van der Waals surface area contributed by atoms with Gasteiger partial charge in [0.1, 0.15) is 0 Å². The average Bonchev–Trinajstić information content (AvgIpc) is 3.16. The summed E-state index contributed by atoms with van der Waals surface area (Å²) in [6.45, 7) is 0. The highest BCUT2D eigenvalue weighted by Gasteiger charge is 2.33. The zero-order valence-electron chi connectivity index (χ0n) is 11.8. The largest absolute Gasteiger partial charge is 0.276 e. The van der Waals surface area contributed by atoms with Crippen molar-refractivity contribution >= 4 is 40.3 Å². The summed E-state index contributed by atoms with van der Waals surface area (Å²) < 4.78 is 0. The highest BCUT2D eigenvalue weighted by Crippen LogP contribution is 2.42. The molecule has 0 atom stereocenters. The van der Waals surface area contributed by atoms with Crippen LogP contribution in [0.4, 0.5) is 11.4 Å². The fourth-order valence-electron chi connectivity index (χ4n) is 2.74. The quantitative estimate of drug-likeness (QED) is 0.612. The van der Waals surface area contributed by atoms with Crippen molar-refractivity contribution in [1.29, 1.82) is 0 Å². The molecular weight excluding hydrogens is 290 g/mol. The van der Waals surface area contributed by atoms with E-state index in [-0.39, 0.29) is 5.91 Å². The molecule has 106 valence electrons. The van der Waals surface area contributed by atoms with Crippen molar-refractivity contribution in [2.45, 2.75) is 0 Å². The first-order chi connectivity index (χ1) is 10.8. The molecule has 0 fully saturated rings. The molecule has 1 aliphatic rings. The lowest BCUT2D eigenvalue weighted by atomic mass is 10.0. The predicted molar refractivity (Wildman–Crippen MR) is 92.2 cm³/mol. The van der Waals surface area contributed by atoms with Crippen LogP contribution in [-0.4, -0.2) is 5.91 Å². The third kappa shape index (κ3) is 2.07. The predicted octanol–water partition coefficient (Wildman–Crippen LogP) is 4.97. The van der Waals surface area contributed by atoms with E-state index in [0.717, 1.165) is 28.1 Å². The fraction of sp³-hybridized carbons (Fsp3) is 0. The third-order valence-electron chi connectivity index (χ3n) is 3.74. The van der Waals surface area contributed by atoms with E-state index in [0.29, 0.717) is 0 Å². The van der Waals surface area contributed by atoms with Crippen molar-refractivity contribution in [3.8, 4) is 0 Å². The van der Waals surface area contributed by atoms with Crippen LogP contribution in [0, 0.1) is 0 Å². The maximum atomic E-state index is 12.9. The second kappa shape index (κ2) is 5.28. The first kappa shape index (κ1) is 13.0. The van der Waals surface area contributed by atoms with Crippen LogP contribution < -0.4 is 4.90 Å².